The molecule has 0 saturated carbocycles. The molecule has 0 saturated heterocycles. The lowest BCUT2D eigenvalue weighted by Crippen LogP contribution is -2.24. The Labute approximate surface area is 122 Å². The predicted octanol–water partition coefficient (Wildman–Crippen LogP) is 3.34. The fourth-order valence-corrected chi connectivity index (χ4v) is 2.86. The third kappa shape index (κ3) is 6.73. The summed E-state index contributed by atoms with van der Waals surface area (Å²) >= 11 is 5.30. The molecule has 1 rings (SSSR count). The minimum atomic E-state index is 0.503. The predicted molar refractivity (Wildman–Crippen MR) is 81.2 cm³/mol. The topological polar surface area (TPSA) is 34.1 Å². The average molecular weight is 333 g/mol. The number of hydrogen-bond donors (Lipinski definition) is 1. The smallest absolute Gasteiger partial charge is 0.110 e. The largest absolute Gasteiger partial charge is 0.382 e. The molecule has 1 unspecified atom stereocenters. The van der Waals surface area contributed by atoms with E-state index in [0.29, 0.717) is 5.25 Å². The summed E-state index contributed by atoms with van der Waals surface area (Å²) in [5.41, 5.74) is 0. The summed E-state index contributed by atoms with van der Waals surface area (Å²) in [4.78, 5) is 4.36. The molecule has 0 bridgehead atoms. The molecule has 1 aromatic heterocycles. The van der Waals surface area contributed by atoms with Crippen LogP contribution in [0.5, 0.6) is 0 Å². The van der Waals surface area contributed by atoms with Crippen LogP contribution in [-0.4, -0.2) is 36.5 Å². The molecule has 0 spiro atoms. The van der Waals surface area contributed by atoms with Crippen LogP contribution in [-0.2, 0) is 4.74 Å². The number of ether oxygens (including phenoxy) is 1. The van der Waals surface area contributed by atoms with Gasteiger partial charge >= 0.3 is 0 Å². The quantitative estimate of drug-likeness (QED) is 0.555. The minimum Gasteiger partial charge on any atom is -0.382 e. The molecule has 0 aromatic carbocycles. The Bertz CT molecular complexity index is 339. The maximum Gasteiger partial charge on any atom is 0.110 e. The number of halogens is 1. The highest BCUT2D eigenvalue weighted by Gasteiger charge is 2.07. The zero-order valence-corrected chi connectivity index (χ0v) is 13.4. The van der Waals surface area contributed by atoms with Gasteiger partial charge in [-0.05, 0) is 48.0 Å². The van der Waals surface area contributed by atoms with Crippen molar-refractivity contribution in [2.24, 2.45) is 0 Å². The summed E-state index contributed by atoms with van der Waals surface area (Å²) in [6, 6.07) is 3.96. The number of pyridine rings is 1. The van der Waals surface area contributed by atoms with Crippen molar-refractivity contribution in [2.75, 3.05) is 26.3 Å². The van der Waals surface area contributed by atoms with E-state index in [2.05, 4.69) is 33.2 Å². The molecule has 102 valence electrons. The van der Waals surface area contributed by atoms with Crippen LogP contribution >= 0.6 is 27.7 Å². The molecule has 18 heavy (non-hydrogen) atoms. The number of thioether (sulfide) groups is 1. The molecule has 0 aliphatic rings. The summed E-state index contributed by atoms with van der Waals surface area (Å²) in [7, 11) is 0. The molecule has 1 aromatic rings. The maximum absolute atomic E-state index is 5.29. The first-order valence-electron chi connectivity index (χ1n) is 6.29. The van der Waals surface area contributed by atoms with E-state index in [9.17, 15) is 0 Å². The maximum atomic E-state index is 5.29. The average Bonchev–Trinajstić information content (AvgIpc) is 2.36. The standard InChI is InChI=1S/C13H21BrN2OS/c1-3-17-9-5-7-15-10-11(2)18-13-12(14)6-4-8-16-13/h4,6,8,11,15H,3,5,7,9-10H2,1-2H3. The van der Waals surface area contributed by atoms with Gasteiger partial charge < -0.3 is 10.1 Å². The lowest BCUT2D eigenvalue weighted by atomic mass is 10.4. The zero-order valence-electron chi connectivity index (χ0n) is 11.0. The van der Waals surface area contributed by atoms with Crippen molar-refractivity contribution in [2.45, 2.75) is 30.5 Å². The van der Waals surface area contributed by atoms with Crippen LogP contribution in [0.15, 0.2) is 27.8 Å². The normalized spacial score (nSPS) is 12.6. The summed E-state index contributed by atoms with van der Waals surface area (Å²) in [6.45, 7) is 7.88. The molecule has 5 heteroatoms. The minimum absolute atomic E-state index is 0.503. The molecule has 0 radical (unpaired) electrons. The summed E-state index contributed by atoms with van der Waals surface area (Å²) in [6.07, 6.45) is 2.90. The molecular formula is C13H21BrN2OS. The lowest BCUT2D eigenvalue weighted by molar-refractivity contribution is 0.145. The van der Waals surface area contributed by atoms with E-state index in [0.717, 1.165) is 42.2 Å². The van der Waals surface area contributed by atoms with E-state index < -0.39 is 0 Å². The van der Waals surface area contributed by atoms with E-state index in [4.69, 9.17) is 4.74 Å². The van der Waals surface area contributed by atoms with Gasteiger partial charge in [0.1, 0.15) is 5.03 Å². The van der Waals surface area contributed by atoms with Gasteiger partial charge in [-0.15, -0.1) is 11.8 Å². The fraction of sp³-hybridized carbons (Fsp3) is 0.615. The number of hydrogen-bond acceptors (Lipinski definition) is 4. The van der Waals surface area contributed by atoms with Gasteiger partial charge in [0, 0.05) is 35.7 Å². The lowest BCUT2D eigenvalue weighted by Gasteiger charge is -2.12. The van der Waals surface area contributed by atoms with E-state index in [1.165, 1.54) is 0 Å². The van der Waals surface area contributed by atoms with Crippen molar-refractivity contribution in [1.29, 1.82) is 0 Å². The highest BCUT2D eigenvalue weighted by atomic mass is 79.9. The zero-order chi connectivity index (χ0) is 13.2. The molecular weight excluding hydrogens is 312 g/mol. The first-order chi connectivity index (χ1) is 8.74. The Morgan fingerprint density at radius 3 is 3.11 bits per heavy atom. The molecule has 1 heterocycles. The van der Waals surface area contributed by atoms with Crippen molar-refractivity contribution < 1.29 is 4.74 Å². The number of nitrogens with one attached hydrogen (secondary N) is 1. The molecule has 0 amide bonds. The Morgan fingerprint density at radius 1 is 1.56 bits per heavy atom. The Morgan fingerprint density at radius 2 is 2.39 bits per heavy atom. The Balaban J connectivity index is 2.14. The van der Waals surface area contributed by atoms with Gasteiger partial charge in [0.15, 0.2) is 0 Å². The molecule has 3 nitrogen and oxygen atoms in total. The van der Waals surface area contributed by atoms with Crippen LogP contribution < -0.4 is 5.32 Å². The first kappa shape index (κ1) is 16.0. The van der Waals surface area contributed by atoms with Gasteiger partial charge in [-0.25, -0.2) is 4.98 Å². The van der Waals surface area contributed by atoms with E-state index >= 15 is 0 Å². The molecule has 0 aliphatic carbocycles. The van der Waals surface area contributed by atoms with Crippen molar-refractivity contribution in [1.82, 2.24) is 10.3 Å². The number of nitrogens with zero attached hydrogens (tertiary/aromatic N) is 1. The second kappa shape index (κ2) is 9.78. The summed E-state index contributed by atoms with van der Waals surface area (Å²) in [5, 5.41) is 5.00. The number of rotatable bonds is 9. The third-order valence-corrected chi connectivity index (χ3v) is 4.34. The van der Waals surface area contributed by atoms with Gasteiger partial charge in [-0.1, -0.05) is 6.92 Å². The van der Waals surface area contributed by atoms with Gasteiger partial charge in [0.05, 0.1) is 0 Å². The van der Waals surface area contributed by atoms with Crippen LogP contribution in [0, 0.1) is 0 Å². The van der Waals surface area contributed by atoms with Crippen LogP contribution in [0.3, 0.4) is 0 Å². The van der Waals surface area contributed by atoms with Crippen molar-refractivity contribution >= 4 is 27.7 Å². The summed E-state index contributed by atoms with van der Waals surface area (Å²) < 4.78 is 6.36. The highest BCUT2D eigenvalue weighted by molar-refractivity contribution is 9.10. The van der Waals surface area contributed by atoms with Crippen LogP contribution in [0.25, 0.3) is 0 Å². The monoisotopic (exact) mass is 332 g/mol. The van der Waals surface area contributed by atoms with Crippen molar-refractivity contribution in [3.63, 3.8) is 0 Å². The third-order valence-electron chi connectivity index (χ3n) is 2.32. The van der Waals surface area contributed by atoms with Gasteiger partial charge in [-0.3, -0.25) is 0 Å². The van der Waals surface area contributed by atoms with Crippen LogP contribution in [0.1, 0.15) is 20.3 Å². The van der Waals surface area contributed by atoms with Crippen LogP contribution in [0.4, 0.5) is 0 Å². The molecule has 0 aliphatic heterocycles. The second-order valence-electron chi connectivity index (χ2n) is 3.97. The second-order valence-corrected chi connectivity index (χ2v) is 6.25. The highest BCUT2D eigenvalue weighted by Crippen LogP contribution is 2.27. The SMILES string of the molecule is CCOCCCNCC(C)Sc1ncccc1Br. The molecule has 1 atom stereocenters. The fourth-order valence-electron chi connectivity index (χ4n) is 1.44. The first-order valence-corrected chi connectivity index (χ1v) is 7.97. The van der Waals surface area contributed by atoms with Gasteiger partial charge in [0.2, 0.25) is 0 Å². The van der Waals surface area contributed by atoms with E-state index in [1.807, 2.05) is 25.3 Å². The van der Waals surface area contributed by atoms with Crippen molar-refractivity contribution in [3.05, 3.63) is 22.8 Å². The molecule has 0 fully saturated rings. The Hall–Kier alpha value is -0.100. The Kier molecular flexibility index (Phi) is 8.67. The molecule has 1 N–H and O–H groups in total. The number of aromatic nitrogens is 1. The van der Waals surface area contributed by atoms with Crippen molar-refractivity contribution in [3.8, 4) is 0 Å². The summed E-state index contributed by atoms with van der Waals surface area (Å²) in [5.74, 6) is 0. The van der Waals surface area contributed by atoms with Gasteiger partial charge in [0.25, 0.3) is 0 Å². The van der Waals surface area contributed by atoms with E-state index in [-0.39, 0.29) is 0 Å². The van der Waals surface area contributed by atoms with E-state index in [1.54, 1.807) is 11.8 Å². The van der Waals surface area contributed by atoms with Gasteiger partial charge in [-0.2, -0.15) is 0 Å². The van der Waals surface area contributed by atoms with Crippen LogP contribution in [0.2, 0.25) is 0 Å².